The van der Waals surface area contributed by atoms with Crippen molar-refractivity contribution in [2.75, 3.05) is 13.7 Å². The Hall–Kier alpha value is -2.27. The molecule has 1 aromatic heterocycles. The Bertz CT molecular complexity index is 626. The molecule has 2 aromatic rings. The number of methoxy groups -OCH3 is 1. The lowest BCUT2D eigenvalue weighted by Crippen LogP contribution is -2.24. The van der Waals surface area contributed by atoms with Crippen molar-refractivity contribution < 1.29 is 19.4 Å². The summed E-state index contributed by atoms with van der Waals surface area (Å²) in [5.74, 6) is -0.175. The molecule has 0 saturated carbocycles. The monoisotopic (exact) mass is 317 g/mol. The van der Waals surface area contributed by atoms with Gasteiger partial charge in [0, 0.05) is 24.9 Å². The molecular weight excluding hydrogens is 294 g/mol. The maximum absolute atomic E-state index is 11.0. The average Bonchev–Trinajstić information content (AvgIpc) is 2.85. The molecule has 0 amide bonds. The van der Waals surface area contributed by atoms with Crippen LogP contribution in [0.3, 0.4) is 0 Å². The number of benzene rings is 1. The highest BCUT2D eigenvalue weighted by Gasteiger charge is 2.16. The number of hydrogen-bond donors (Lipinski definition) is 1. The van der Waals surface area contributed by atoms with Gasteiger partial charge in [-0.05, 0) is 43.7 Å². The van der Waals surface area contributed by atoms with Crippen LogP contribution >= 0.6 is 0 Å². The van der Waals surface area contributed by atoms with Crippen molar-refractivity contribution in [3.8, 4) is 5.75 Å². The lowest BCUT2D eigenvalue weighted by Gasteiger charge is -2.12. The fourth-order valence-electron chi connectivity index (χ4n) is 2.51. The molecule has 0 aliphatic carbocycles. The quantitative estimate of drug-likeness (QED) is 0.813. The number of carboxylic acids is 1. The minimum atomic E-state index is -0.953. The van der Waals surface area contributed by atoms with E-state index in [4.69, 9.17) is 14.6 Å². The summed E-state index contributed by atoms with van der Waals surface area (Å²) in [6.45, 7) is 5.55. The first-order chi connectivity index (χ1) is 11.0. The molecule has 1 atom stereocenters. The Morgan fingerprint density at radius 3 is 2.26 bits per heavy atom. The van der Waals surface area contributed by atoms with E-state index in [0.29, 0.717) is 13.0 Å². The number of carboxylic acid groups (broad SMARTS) is 1. The second-order valence-corrected chi connectivity index (χ2v) is 5.53. The van der Waals surface area contributed by atoms with Crippen LogP contribution in [0.5, 0.6) is 5.75 Å². The van der Waals surface area contributed by atoms with Crippen LogP contribution in [0.15, 0.2) is 36.4 Å². The Kier molecular flexibility index (Phi) is 5.82. The van der Waals surface area contributed by atoms with E-state index in [1.807, 2.05) is 24.3 Å². The van der Waals surface area contributed by atoms with Crippen LogP contribution < -0.4 is 4.74 Å². The third-order valence-electron chi connectivity index (χ3n) is 3.91. The fraction of sp³-hybridized carbons (Fsp3) is 0.389. The molecule has 1 heterocycles. The van der Waals surface area contributed by atoms with Gasteiger partial charge in [0.15, 0.2) is 6.10 Å². The summed E-state index contributed by atoms with van der Waals surface area (Å²) >= 11 is 0. The van der Waals surface area contributed by atoms with Crippen molar-refractivity contribution in [3.63, 3.8) is 0 Å². The van der Waals surface area contributed by atoms with E-state index in [1.54, 1.807) is 0 Å². The van der Waals surface area contributed by atoms with Gasteiger partial charge in [-0.3, -0.25) is 0 Å². The zero-order valence-corrected chi connectivity index (χ0v) is 13.8. The van der Waals surface area contributed by atoms with Crippen LogP contribution in [-0.4, -0.2) is 35.5 Å². The number of aryl methyl sites for hydroxylation is 2. The SMILES string of the molecule is COC(Cc1ccc(OCCn2c(C)ccc2C)cc1)C(=O)O. The molecule has 5 nitrogen and oxygen atoms in total. The predicted octanol–water partition coefficient (Wildman–Crippen LogP) is 2.83. The second kappa shape index (κ2) is 7.83. The maximum Gasteiger partial charge on any atom is 0.333 e. The maximum atomic E-state index is 11.0. The smallest absolute Gasteiger partial charge is 0.333 e. The fourth-order valence-corrected chi connectivity index (χ4v) is 2.51. The van der Waals surface area contributed by atoms with Gasteiger partial charge in [-0.25, -0.2) is 4.79 Å². The summed E-state index contributed by atoms with van der Waals surface area (Å²) in [6.07, 6.45) is -0.477. The molecule has 1 aromatic carbocycles. The van der Waals surface area contributed by atoms with E-state index in [9.17, 15) is 4.79 Å². The molecule has 0 aliphatic heterocycles. The van der Waals surface area contributed by atoms with Crippen LogP contribution in [-0.2, 0) is 22.5 Å². The summed E-state index contributed by atoms with van der Waals surface area (Å²) in [5.41, 5.74) is 3.35. The van der Waals surface area contributed by atoms with Gasteiger partial charge in [-0.2, -0.15) is 0 Å². The summed E-state index contributed by atoms with van der Waals surface area (Å²) in [5, 5.41) is 8.99. The zero-order valence-electron chi connectivity index (χ0n) is 13.8. The molecule has 5 heteroatoms. The largest absolute Gasteiger partial charge is 0.492 e. The van der Waals surface area contributed by atoms with Gasteiger partial charge >= 0.3 is 5.97 Å². The molecule has 2 rings (SSSR count). The number of aromatic nitrogens is 1. The first kappa shape index (κ1) is 17.1. The van der Waals surface area contributed by atoms with Gasteiger partial charge in [0.2, 0.25) is 0 Å². The predicted molar refractivity (Wildman–Crippen MR) is 88.0 cm³/mol. The topological polar surface area (TPSA) is 60.7 Å². The van der Waals surface area contributed by atoms with Gasteiger partial charge in [0.1, 0.15) is 12.4 Å². The Labute approximate surface area is 136 Å². The lowest BCUT2D eigenvalue weighted by molar-refractivity contribution is -0.148. The number of nitrogens with zero attached hydrogens (tertiary/aromatic N) is 1. The van der Waals surface area contributed by atoms with Crippen LogP contribution in [0.2, 0.25) is 0 Å². The van der Waals surface area contributed by atoms with Crippen molar-refractivity contribution in [3.05, 3.63) is 53.3 Å². The summed E-state index contributed by atoms with van der Waals surface area (Å²) in [7, 11) is 1.40. The Morgan fingerprint density at radius 1 is 1.13 bits per heavy atom. The summed E-state index contributed by atoms with van der Waals surface area (Å²) in [4.78, 5) is 11.0. The first-order valence-corrected chi connectivity index (χ1v) is 7.61. The van der Waals surface area contributed by atoms with E-state index < -0.39 is 12.1 Å². The standard InChI is InChI=1S/C18H23NO4/c1-13-4-5-14(2)19(13)10-11-23-16-8-6-15(7-9-16)12-17(22-3)18(20)21/h4-9,17H,10-12H2,1-3H3,(H,20,21). The zero-order chi connectivity index (χ0) is 16.8. The number of ether oxygens (including phenoxy) is 2. The molecule has 0 aliphatic rings. The Balaban J connectivity index is 1.86. The minimum Gasteiger partial charge on any atom is -0.492 e. The van der Waals surface area contributed by atoms with Crippen molar-refractivity contribution in [2.24, 2.45) is 0 Å². The average molecular weight is 317 g/mol. The molecule has 0 fully saturated rings. The van der Waals surface area contributed by atoms with Gasteiger partial charge in [-0.1, -0.05) is 12.1 Å². The third-order valence-corrected chi connectivity index (χ3v) is 3.91. The van der Waals surface area contributed by atoms with Crippen molar-refractivity contribution >= 4 is 5.97 Å². The van der Waals surface area contributed by atoms with Gasteiger partial charge in [0.05, 0.1) is 6.54 Å². The third kappa shape index (κ3) is 4.60. The molecule has 0 bridgehead atoms. The molecule has 1 N–H and O–H groups in total. The molecule has 124 valence electrons. The van der Waals surface area contributed by atoms with Crippen LogP contribution in [0, 0.1) is 13.8 Å². The molecule has 1 unspecified atom stereocenters. The van der Waals surface area contributed by atoms with E-state index in [-0.39, 0.29) is 0 Å². The van der Waals surface area contributed by atoms with Crippen LogP contribution in [0.1, 0.15) is 17.0 Å². The minimum absolute atomic E-state index is 0.341. The Morgan fingerprint density at radius 2 is 1.74 bits per heavy atom. The van der Waals surface area contributed by atoms with Crippen LogP contribution in [0.25, 0.3) is 0 Å². The molecular formula is C18H23NO4. The summed E-state index contributed by atoms with van der Waals surface area (Å²) in [6, 6.07) is 11.7. The highest BCUT2D eigenvalue weighted by Crippen LogP contribution is 2.15. The lowest BCUT2D eigenvalue weighted by atomic mass is 10.1. The number of carbonyl (C=O) groups is 1. The number of rotatable bonds is 8. The number of aliphatic carboxylic acids is 1. The van der Waals surface area contributed by atoms with Gasteiger partial charge < -0.3 is 19.1 Å². The first-order valence-electron chi connectivity index (χ1n) is 7.61. The molecule has 23 heavy (non-hydrogen) atoms. The van der Waals surface area contributed by atoms with E-state index in [0.717, 1.165) is 17.9 Å². The van der Waals surface area contributed by atoms with Gasteiger partial charge in [-0.15, -0.1) is 0 Å². The number of hydrogen-bond acceptors (Lipinski definition) is 3. The molecule has 0 radical (unpaired) electrons. The van der Waals surface area contributed by atoms with E-state index >= 15 is 0 Å². The summed E-state index contributed by atoms with van der Waals surface area (Å²) < 4.78 is 12.9. The molecule has 0 spiro atoms. The van der Waals surface area contributed by atoms with Crippen molar-refractivity contribution in [2.45, 2.75) is 32.9 Å². The van der Waals surface area contributed by atoms with Crippen molar-refractivity contribution in [1.82, 2.24) is 4.57 Å². The highest BCUT2D eigenvalue weighted by atomic mass is 16.5. The van der Waals surface area contributed by atoms with Crippen LogP contribution in [0.4, 0.5) is 0 Å². The second-order valence-electron chi connectivity index (χ2n) is 5.53. The highest BCUT2D eigenvalue weighted by molar-refractivity contribution is 5.72. The van der Waals surface area contributed by atoms with Crippen molar-refractivity contribution in [1.29, 1.82) is 0 Å². The normalized spacial score (nSPS) is 12.1. The van der Waals surface area contributed by atoms with E-state index in [2.05, 4.69) is 30.5 Å². The molecule has 0 saturated heterocycles. The van der Waals surface area contributed by atoms with E-state index in [1.165, 1.54) is 18.5 Å². The van der Waals surface area contributed by atoms with Gasteiger partial charge in [0.25, 0.3) is 0 Å².